The van der Waals surface area contributed by atoms with Crippen LogP contribution in [0.5, 0.6) is 0 Å². The second-order valence-corrected chi connectivity index (χ2v) is 14.6. The van der Waals surface area contributed by atoms with E-state index >= 15 is 0 Å². The van der Waals surface area contributed by atoms with Gasteiger partial charge in [0.1, 0.15) is 22.3 Å². The Kier molecular flexibility index (Phi) is 7.61. The summed E-state index contributed by atoms with van der Waals surface area (Å²) in [5, 5.41) is 11.0. The van der Waals surface area contributed by atoms with Gasteiger partial charge in [-0.2, -0.15) is 0 Å². The summed E-state index contributed by atoms with van der Waals surface area (Å²) in [5.74, 6) is 1.79. The molecule has 0 bridgehead atoms. The summed E-state index contributed by atoms with van der Waals surface area (Å²) >= 11 is 0. The van der Waals surface area contributed by atoms with Crippen molar-refractivity contribution in [3.63, 3.8) is 0 Å². The van der Waals surface area contributed by atoms with Crippen LogP contribution in [0.4, 0.5) is 0 Å². The number of nitrogens with zero attached hydrogens (tertiary/aromatic N) is 3. The van der Waals surface area contributed by atoms with E-state index in [1.807, 2.05) is 12.1 Å². The molecule has 0 aliphatic heterocycles. The maximum absolute atomic E-state index is 6.68. The van der Waals surface area contributed by atoms with Gasteiger partial charge in [0.05, 0.1) is 0 Å². The summed E-state index contributed by atoms with van der Waals surface area (Å²) in [6.07, 6.45) is 7.22. The molecule has 11 rings (SSSR count). The minimum atomic E-state index is 0.572. The summed E-state index contributed by atoms with van der Waals surface area (Å²) < 4.78 is 13.2. The molecule has 0 spiro atoms. The van der Waals surface area contributed by atoms with Crippen LogP contribution < -0.4 is 0 Å². The lowest BCUT2D eigenvalue weighted by atomic mass is 9.91. The van der Waals surface area contributed by atoms with E-state index in [1.165, 1.54) is 16.2 Å². The van der Waals surface area contributed by atoms with Crippen molar-refractivity contribution in [1.29, 1.82) is 0 Å². The number of aromatic nitrogens is 3. The molecule has 0 atom stereocenters. The minimum absolute atomic E-state index is 0.572. The van der Waals surface area contributed by atoms with Crippen molar-refractivity contribution in [3.05, 3.63) is 170 Å². The Morgan fingerprint density at radius 1 is 0.526 bits per heavy atom. The Morgan fingerprint density at radius 2 is 1.21 bits per heavy atom. The van der Waals surface area contributed by atoms with Crippen molar-refractivity contribution in [2.45, 2.75) is 20.3 Å². The number of hydrogen-bond donors (Lipinski definition) is 0. The number of furan rings is 2. The van der Waals surface area contributed by atoms with Crippen LogP contribution in [-0.2, 0) is 0 Å². The summed E-state index contributed by atoms with van der Waals surface area (Å²) in [6.45, 7) is 4.19. The molecule has 11 aromatic rings. The Labute approximate surface area is 328 Å². The Balaban J connectivity index is 1.22. The van der Waals surface area contributed by atoms with Gasteiger partial charge in [0, 0.05) is 38.1 Å². The molecular weight excluding hydrogens is 699 g/mol. The first-order valence-corrected chi connectivity index (χ1v) is 19.4. The van der Waals surface area contributed by atoms with Crippen molar-refractivity contribution in [2.75, 3.05) is 0 Å². The SMILES string of the molecule is CC/C=C\C=C(/C)c1nc(-c2ccc3c(ccc4ccccc43)c2)nc(-c2c(-c3cccc4oc5c6ccccc6ccc5c34)ccc3oc4ccccc4c23)n1. The summed E-state index contributed by atoms with van der Waals surface area (Å²) in [5.41, 5.74) is 8.03. The summed E-state index contributed by atoms with van der Waals surface area (Å²) in [7, 11) is 0. The van der Waals surface area contributed by atoms with Gasteiger partial charge in [-0.05, 0) is 93.4 Å². The molecule has 0 saturated carbocycles. The molecule has 3 aromatic heterocycles. The zero-order chi connectivity index (χ0) is 38.0. The number of rotatable bonds is 6. The van der Waals surface area contributed by atoms with Crippen molar-refractivity contribution < 1.29 is 8.83 Å². The lowest BCUT2D eigenvalue weighted by Crippen LogP contribution is -2.03. The number of benzene rings is 8. The molecule has 3 heterocycles. The summed E-state index contributed by atoms with van der Waals surface area (Å²) in [6, 6.07) is 50.8. The highest BCUT2D eigenvalue weighted by atomic mass is 16.3. The number of fused-ring (bicyclic) bond motifs is 11. The smallest absolute Gasteiger partial charge is 0.165 e. The number of allylic oxidation sites excluding steroid dienone is 4. The molecular formula is C52H35N3O2. The third-order valence-corrected chi connectivity index (χ3v) is 11.2. The average Bonchev–Trinajstić information content (AvgIpc) is 3.85. The minimum Gasteiger partial charge on any atom is -0.456 e. The van der Waals surface area contributed by atoms with E-state index in [0.717, 1.165) is 94.3 Å². The fraction of sp³-hybridized carbons (Fsp3) is 0.0577. The van der Waals surface area contributed by atoms with E-state index in [1.54, 1.807) is 0 Å². The van der Waals surface area contributed by atoms with Crippen molar-refractivity contribution in [2.24, 2.45) is 0 Å². The molecule has 270 valence electrons. The van der Waals surface area contributed by atoms with Crippen molar-refractivity contribution >= 4 is 81.8 Å². The third-order valence-electron chi connectivity index (χ3n) is 11.2. The van der Waals surface area contributed by atoms with Gasteiger partial charge in [0.25, 0.3) is 0 Å². The molecule has 57 heavy (non-hydrogen) atoms. The fourth-order valence-electron chi connectivity index (χ4n) is 8.42. The van der Waals surface area contributed by atoms with Crippen LogP contribution in [0, 0.1) is 0 Å². The van der Waals surface area contributed by atoms with E-state index in [0.29, 0.717) is 17.5 Å². The van der Waals surface area contributed by atoms with E-state index in [4.69, 9.17) is 23.8 Å². The van der Waals surface area contributed by atoms with Crippen LogP contribution in [0.25, 0.3) is 116 Å². The van der Waals surface area contributed by atoms with Gasteiger partial charge in [-0.1, -0.05) is 134 Å². The van der Waals surface area contributed by atoms with Gasteiger partial charge in [-0.3, -0.25) is 0 Å². The highest BCUT2D eigenvalue weighted by Gasteiger charge is 2.24. The molecule has 0 amide bonds. The van der Waals surface area contributed by atoms with Crippen LogP contribution in [0.2, 0.25) is 0 Å². The van der Waals surface area contributed by atoms with Gasteiger partial charge in [0.2, 0.25) is 0 Å². The number of hydrogen-bond acceptors (Lipinski definition) is 5. The van der Waals surface area contributed by atoms with E-state index in [9.17, 15) is 0 Å². The monoisotopic (exact) mass is 733 g/mol. The van der Waals surface area contributed by atoms with Crippen LogP contribution in [0.1, 0.15) is 26.1 Å². The molecule has 0 N–H and O–H groups in total. The third kappa shape index (κ3) is 5.35. The lowest BCUT2D eigenvalue weighted by Gasteiger charge is -2.14. The second-order valence-electron chi connectivity index (χ2n) is 14.6. The predicted molar refractivity (Wildman–Crippen MR) is 236 cm³/mol. The van der Waals surface area contributed by atoms with E-state index in [2.05, 4.69) is 166 Å². The zero-order valence-corrected chi connectivity index (χ0v) is 31.5. The van der Waals surface area contributed by atoms with Crippen LogP contribution in [0.3, 0.4) is 0 Å². The molecule has 5 nitrogen and oxygen atoms in total. The maximum atomic E-state index is 6.68. The van der Waals surface area contributed by atoms with Crippen LogP contribution >= 0.6 is 0 Å². The average molecular weight is 734 g/mol. The molecule has 0 radical (unpaired) electrons. The maximum Gasteiger partial charge on any atom is 0.165 e. The standard InChI is InChI=1S/C52H35N3O2/c1-3-4-5-13-31(2)50-53-51(35-25-26-37-34(30-35)23-22-32-14-6-8-16-36(32)37)55-52(54-50)48-40(28-29-45-47(48)41-18-10-11-20-43(41)56-45)39-19-12-21-44-46(39)42-27-24-33-15-7-9-17-38(33)49(42)57-44/h4-30H,3H2,1-2H3/b5-4-,31-13+. The van der Waals surface area contributed by atoms with Crippen LogP contribution in [0.15, 0.2) is 173 Å². The van der Waals surface area contributed by atoms with Gasteiger partial charge in [-0.25, -0.2) is 15.0 Å². The molecule has 0 saturated heterocycles. The molecule has 5 heteroatoms. The Hall–Kier alpha value is -7.37. The molecule has 0 aliphatic rings. The molecule has 8 aromatic carbocycles. The van der Waals surface area contributed by atoms with Crippen molar-refractivity contribution in [3.8, 4) is 33.9 Å². The number of para-hydroxylation sites is 1. The fourth-order valence-corrected chi connectivity index (χ4v) is 8.42. The van der Waals surface area contributed by atoms with Gasteiger partial charge < -0.3 is 8.83 Å². The first-order valence-electron chi connectivity index (χ1n) is 19.4. The highest BCUT2D eigenvalue weighted by Crippen LogP contribution is 2.46. The van der Waals surface area contributed by atoms with Gasteiger partial charge >= 0.3 is 0 Å². The normalized spacial score (nSPS) is 12.5. The molecule has 0 aliphatic carbocycles. The Morgan fingerprint density at radius 3 is 2.09 bits per heavy atom. The Bertz CT molecular complexity index is 3480. The predicted octanol–water partition coefficient (Wildman–Crippen LogP) is 14.5. The quantitative estimate of drug-likeness (QED) is 0.126. The van der Waals surface area contributed by atoms with Crippen molar-refractivity contribution in [1.82, 2.24) is 15.0 Å². The molecule has 0 unspecified atom stereocenters. The zero-order valence-electron chi connectivity index (χ0n) is 31.5. The first-order chi connectivity index (χ1) is 28.1. The lowest BCUT2D eigenvalue weighted by molar-refractivity contribution is 0.669. The summed E-state index contributed by atoms with van der Waals surface area (Å²) in [4.78, 5) is 15.9. The second kappa shape index (κ2) is 13.1. The van der Waals surface area contributed by atoms with E-state index < -0.39 is 0 Å². The largest absolute Gasteiger partial charge is 0.456 e. The van der Waals surface area contributed by atoms with Crippen LogP contribution in [-0.4, -0.2) is 15.0 Å². The van der Waals surface area contributed by atoms with Gasteiger partial charge in [0.15, 0.2) is 17.5 Å². The highest BCUT2D eigenvalue weighted by molar-refractivity contribution is 6.22. The first kappa shape index (κ1) is 33.0. The molecule has 0 fully saturated rings. The van der Waals surface area contributed by atoms with Gasteiger partial charge in [-0.15, -0.1) is 0 Å². The van der Waals surface area contributed by atoms with E-state index in [-0.39, 0.29) is 0 Å². The topological polar surface area (TPSA) is 65.0 Å².